The second kappa shape index (κ2) is 7.35. The highest BCUT2D eigenvalue weighted by Gasteiger charge is 2.32. The number of likely N-dealkylation sites (N-methyl/N-ethyl adjacent to an activating group) is 1. The zero-order valence-corrected chi connectivity index (χ0v) is 10.9. The largest absolute Gasteiger partial charge is 0.481 e. The van der Waals surface area contributed by atoms with Gasteiger partial charge < -0.3 is 24.4 Å². The predicted molar refractivity (Wildman–Crippen MR) is 57.1 cm³/mol. The molecule has 17 heavy (non-hydrogen) atoms. The van der Waals surface area contributed by atoms with Gasteiger partial charge in [-0.1, -0.05) is 0 Å². The van der Waals surface area contributed by atoms with Crippen LogP contribution in [0.4, 0.5) is 0 Å². The number of phosphoric acid groups is 2. The summed E-state index contributed by atoms with van der Waals surface area (Å²) in [5, 5.41) is 0. The lowest BCUT2D eigenvalue weighted by molar-refractivity contribution is -0.108. The molecule has 0 aliphatic carbocycles. The van der Waals surface area contributed by atoms with Crippen LogP contribution in [0.15, 0.2) is 0 Å². The number of hydrogen-bond donors (Lipinski definition) is 3. The minimum absolute atomic E-state index is 0.211. The Morgan fingerprint density at radius 3 is 2.29 bits per heavy atom. The molecule has 102 valence electrons. The van der Waals surface area contributed by atoms with Crippen LogP contribution in [0, 0.1) is 0 Å². The quantitative estimate of drug-likeness (QED) is 0.387. The summed E-state index contributed by atoms with van der Waals surface area (Å²) >= 11 is 0. The van der Waals surface area contributed by atoms with Gasteiger partial charge in [-0.05, 0) is 7.05 Å². The van der Waals surface area contributed by atoms with Gasteiger partial charge in [0, 0.05) is 19.5 Å². The van der Waals surface area contributed by atoms with Gasteiger partial charge in [0.1, 0.15) is 6.29 Å². The summed E-state index contributed by atoms with van der Waals surface area (Å²) in [6.07, 6.45) is 1.04. The van der Waals surface area contributed by atoms with Crippen LogP contribution < -0.4 is 0 Å². The molecule has 11 heteroatoms. The number of rotatable bonds is 9. The van der Waals surface area contributed by atoms with E-state index in [1.54, 1.807) is 11.9 Å². The Morgan fingerprint density at radius 1 is 1.24 bits per heavy atom. The second-order valence-corrected chi connectivity index (χ2v) is 5.96. The van der Waals surface area contributed by atoms with Gasteiger partial charge in [0.15, 0.2) is 0 Å². The normalized spacial score (nSPS) is 15.8. The highest BCUT2D eigenvalue weighted by molar-refractivity contribution is 7.60. The molecular formula is C6H15NO8P2. The van der Waals surface area contributed by atoms with E-state index >= 15 is 0 Å². The van der Waals surface area contributed by atoms with E-state index in [1.165, 1.54) is 0 Å². The summed E-state index contributed by atoms with van der Waals surface area (Å²) in [7, 11) is -8.17. The molecule has 0 saturated carbocycles. The lowest BCUT2D eigenvalue weighted by atomic mass is 10.4. The van der Waals surface area contributed by atoms with Crippen molar-refractivity contribution < 1.29 is 37.4 Å². The molecule has 3 N–H and O–H groups in total. The first-order chi connectivity index (χ1) is 7.66. The maximum atomic E-state index is 11.0. The van der Waals surface area contributed by atoms with E-state index < -0.39 is 15.6 Å². The van der Waals surface area contributed by atoms with Crippen molar-refractivity contribution in [2.45, 2.75) is 6.42 Å². The third kappa shape index (κ3) is 10.7. The van der Waals surface area contributed by atoms with Gasteiger partial charge in [-0.15, -0.1) is 0 Å². The van der Waals surface area contributed by atoms with Crippen LogP contribution in [0.1, 0.15) is 6.42 Å². The average molecular weight is 291 g/mol. The fourth-order valence-corrected chi connectivity index (χ4v) is 2.43. The van der Waals surface area contributed by atoms with E-state index in [0.29, 0.717) is 13.0 Å². The van der Waals surface area contributed by atoms with Crippen LogP contribution in [0.2, 0.25) is 0 Å². The summed E-state index contributed by atoms with van der Waals surface area (Å²) in [4.78, 5) is 37.2. The van der Waals surface area contributed by atoms with E-state index in [9.17, 15) is 13.9 Å². The molecule has 0 bridgehead atoms. The van der Waals surface area contributed by atoms with Crippen LogP contribution in [0.25, 0.3) is 0 Å². The minimum Gasteiger partial charge on any atom is -0.304 e. The fourth-order valence-electron chi connectivity index (χ4n) is 0.855. The van der Waals surface area contributed by atoms with Crippen molar-refractivity contribution in [2.24, 2.45) is 0 Å². The van der Waals surface area contributed by atoms with Crippen LogP contribution in [-0.2, 0) is 22.8 Å². The van der Waals surface area contributed by atoms with Gasteiger partial charge in [0.05, 0.1) is 6.61 Å². The molecule has 0 radical (unpaired) electrons. The fraction of sp³-hybridized carbons (Fsp3) is 0.833. The number of carbonyl (C=O) groups excluding carboxylic acids is 1. The molecule has 0 aliphatic heterocycles. The molecule has 0 aromatic heterocycles. The monoisotopic (exact) mass is 291 g/mol. The maximum absolute atomic E-state index is 11.0. The van der Waals surface area contributed by atoms with E-state index in [0.717, 1.165) is 6.29 Å². The first-order valence-corrected chi connectivity index (χ1v) is 7.55. The molecule has 0 aliphatic rings. The van der Waals surface area contributed by atoms with Gasteiger partial charge in [-0.3, -0.25) is 4.52 Å². The van der Waals surface area contributed by atoms with Crippen molar-refractivity contribution in [1.82, 2.24) is 4.90 Å². The highest BCUT2D eigenvalue weighted by atomic mass is 31.3. The topological polar surface area (TPSA) is 134 Å². The average Bonchev–Trinajstić information content (AvgIpc) is 2.10. The van der Waals surface area contributed by atoms with Crippen LogP contribution in [-0.4, -0.2) is 52.6 Å². The molecule has 0 heterocycles. The molecular weight excluding hydrogens is 276 g/mol. The molecule has 0 aromatic rings. The molecule has 0 amide bonds. The van der Waals surface area contributed by atoms with Crippen molar-refractivity contribution in [1.29, 1.82) is 0 Å². The van der Waals surface area contributed by atoms with Gasteiger partial charge >= 0.3 is 15.6 Å². The second-order valence-electron chi connectivity index (χ2n) is 3.13. The van der Waals surface area contributed by atoms with Crippen molar-refractivity contribution in [3.8, 4) is 0 Å². The lowest BCUT2D eigenvalue weighted by Gasteiger charge is -2.16. The third-order valence-electron chi connectivity index (χ3n) is 1.57. The Labute approximate surface area is 98.2 Å². The van der Waals surface area contributed by atoms with Crippen LogP contribution in [0.3, 0.4) is 0 Å². The Morgan fingerprint density at radius 2 is 1.82 bits per heavy atom. The summed E-state index contributed by atoms with van der Waals surface area (Å²) < 4.78 is 29.2. The van der Waals surface area contributed by atoms with Crippen molar-refractivity contribution in [3.05, 3.63) is 0 Å². The number of nitrogens with zero attached hydrogens (tertiary/aromatic N) is 1. The van der Waals surface area contributed by atoms with Gasteiger partial charge in [0.2, 0.25) is 0 Å². The van der Waals surface area contributed by atoms with Crippen molar-refractivity contribution >= 4 is 21.9 Å². The zero-order chi connectivity index (χ0) is 13.5. The number of aldehydes is 1. The van der Waals surface area contributed by atoms with Gasteiger partial charge in [-0.2, -0.15) is 4.31 Å². The molecule has 0 fully saturated rings. The SMILES string of the molecule is CN(CCC=O)CCOP(=O)(O)OP(=O)(O)O. The molecule has 0 spiro atoms. The first-order valence-electron chi connectivity index (χ1n) is 4.53. The molecule has 1 unspecified atom stereocenters. The lowest BCUT2D eigenvalue weighted by Crippen LogP contribution is -2.24. The summed E-state index contributed by atoms with van der Waals surface area (Å²) in [6.45, 7) is 0.397. The van der Waals surface area contributed by atoms with Crippen molar-refractivity contribution in [2.75, 3.05) is 26.7 Å². The van der Waals surface area contributed by atoms with E-state index in [1.807, 2.05) is 0 Å². The standard InChI is InChI=1S/C6H15NO8P2/c1-7(3-2-5-8)4-6-14-17(12,13)15-16(9,10)11/h5H,2-4,6H2,1H3,(H,12,13)(H2,9,10,11). The number of hydrogen-bond acceptors (Lipinski definition) is 6. The molecule has 0 saturated heterocycles. The molecule has 0 rings (SSSR count). The Kier molecular flexibility index (Phi) is 7.30. The van der Waals surface area contributed by atoms with E-state index in [-0.39, 0.29) is 13.2 Å². The van der Waals surface area contributed by atoms with Gasteiger partial charge in [0.25, 0.3) is 0 Å². The zero-order valence-electron chi connectivity index (χ0n) is 9.13. The minimum atomic E-state index is -5.07. The third-order valence-corrected chi connectivity index (χ3v) is 3.75. The summed E-state index contributed by atoms with van der Waals surface area (Å²) in [5.74, 6) is 0. The predicted octanol–water partition coefficient (Wildman–Crippen LogP) is -0.267. The Bertz CT molecular complexity index is 328. The smallest absolute Gasteiger partial charge is 0.304 e. The van der Waals surface area contributed by atoms with E-state index in [4.69, 9.17) is 14.7 Å². The maximum Gasteiger partial charge on any atom is 0.481 e. The van der Waals surface area contributed by atoms with Crippen molar-refractivity contribution in [3.63, 3.8) is 0 Å². The van der Waals surface area contributed by atoms with Crippen LogP contribution >= 0.6 is 15.6 Å². The highest BCUT2D eigenvalue weighted by Crippen LogP contribution is 2.57. The molecule has 9 nitrogen and oxygen atoms in total. The van der Waals surface area contributed by atoms with Gasteiger partial charge in [-0.25, -0.2) is 9.13 Å². The summed E-state index contributed by atoms with van der Waals surface area (Å²) in [6, 6.07) is 0. The molecule has 1 atom stereocenters. The molecule has 0 aromatic carbocycles. The van der Waals surface area contributed by atoms with E-state index in [2.05, 4.69) is 8.83 Å². The Balaban J connectivity index is 3.91. The Hall–Kier alpha value is -0.110. The first kappa shape index (κ1) is 16.9. The number of carbonyl (C=O) groups is 1. The summed E-state index contributed by atoms with van der Waals surface area (Å²) in [5.41, 5.74) is 0. The van der Waals surface area contributed by atoms with Crippen LogP contribution in [0.5, 0.6) is 0 Å². The number of phosphoric ester groups is 1.